The van der Waals surface area contributed by atoms with Gasteiger partial charge in [0.2, 0.25) is 0 Å². The number of nitrogens with zero attached hydrogens (tertiary/aromatic N) is 2. The first kappa shape index (κ1) is 11.0. The highest BCUT2D eigenvalue weighted by molar-refractivity contribution is 8.06. The largest absolute Gasteiger partial charge is 0.333 e. The van der Waals surface area contributed by atoms with Crippen molar-refractivity contribution < 1.29 is 0 Å². The van der Waals surface area contributed by atoms with E-state index < -0.39 is 0 Å². The lowest BCUT2D eigenvalue weighted by atomic mass is 10.00. The van der Waals surface area contributed by atoms with Crippen LogP contribution in [0.2, 0.25) is 0 Å². The van der Waals surface area contributed by atoms with Gasteiger partial charge < -0.3 is 9.88 Å². The number of thioether (sulfide) groups is 2. The summed E-state index contributed by atoms with van der Waals surface area (Å²) in [6.45, 7) is 3.39. The smallest absolute Gasteiger partial charge is 0.0948 e. The highest BCUT2D eigenvalue weighted by Crippen LogP contribution is 2.27. The average Bonchev–Trinajstić information content (AvgIpc) is 2.66. The Balaban J connectivity index is 1.66. The summed E-state index contributed by atoms with van der Waals surface area (Å²) in [5.74, 6) is 4.63. The number of hydrogen-bond acceptors (Lipinski definition) is 4. The van der Waals surface area contributed by atoms with Crippen molar-refractivity contribution in [3.05, 3.63) is 18.2 Å². The Morgan fingerprint density at radius 3 is 3.06 bits per heavy atom. The van der Waals surface area contributed by atoms with Crippen molar-refractivity contribution in [2.24, 2.45) is 0 Å². The maximum absolute atomic E-state index is 4.31. The Hall–Kier alpha value is -0.130. The Labute approximate surface area is 105 Å². The predicted octanol–water partition coefficient (Wildman–Crippen LogP) is 1.42. The minimum absolute atomic E-state index is 0.698. The van der Waals surface area contributed by atoms with E-state index in [9.17, 15) is 0 Å². The molecule has 0 amide bonds. The molecule has 3 rings (SSSR count). The van der Waals surface area contributed by atoms with Crippen molar-refractivity contribution in [3.8, 4) is 0 Å². The van der Waals surface area contributed by atoms with Crippen LogP contribution in [0.4, 0.5) is 0 Å². The molecule has 0 spiro atoms. The van der Waals surface area contributed by atoms with E-state index in [0.717, 1.165) is 24.9 Å². The summed E-state index contributed by atoms with van der Waals surface area (Å²) in [5.41, 5.74) is 1.43. The van der Waals surface area contributed by atoms with Crippen LogP contribution in [-0.4, -0.2) is 45.1 Å². The van der Waals surface area contributed by atoms with Gasteiger partial charge in [0.05, 0.1) is 6.33 Å². The standard InChI is InChI=1S/C11H17N3S2/c1-2-16-10(7-15-1)6-14-8-13-5-11(14)9-3-12-4-9/h5,8-10,12H,1-4,6-7H2. The molecule has 0 radical (unpaired) electrons. The van der Waals surface area contributed by atoms with Crippen LogP contribution in [0.25, 0.3) is 0 Å². The molecule has 2 aliphatic heterocycles. The highest BCUT2D eigenvalue weighted by atomic mass is 32.2. The van der Waals surface area contributed by atoms with Gasteiger partial charge in [-0.05, 0) is 0 Å². The zero-order chi connectivity index (χ0) is 10.8. The Morgan fingerprint density at radius 2 is 2.38 bits per heavy atom. The topological polar surface area (TPSA) is 29.9 Å². The maximum Gasteiger partial charge on any atom is 0.0948 e. The van der Waals surface area contributed by atoms with Crippen LogP contribution in [0, 0.1) is 0 Å². The van der Waals surface area contributed by atoms with E-state index in [0.29, 0.717) is 5.92 Å². The fraction of sp³-hybridized carbons (Fsp3) is 0.727. The lowest BCUT2D eigenvalue weighted by Crippen LogP contribution is -2.41. The average molecular weight is 255 g/mol. The first-order chi connectivity index (χ1) is 7.93. The van der Waals surface area contributed by atoms with Gasteiger partial charge >= 0.3 is 0 Å². The number of hydrogen-bond donors (Lipinski definition) is 1. The number of rotatable bonds is 3. The molecule has 1 N–H and O–H groups in total. The molecule has 1 aromatic rings. The quantitative estimate of drug-likeness (QED) is 0.885. The minimum atomic E-state index is 0.698. The molecule has 5 heteroatoms. The summed E-state index contributed by atoms with van der Waals surface area (Å²) in [4.78, 5) is 4.31. The second-order valence-corrected chi connectivity index (χ2v) is 6.95. The van der Waals surface area contributed by atoms with E-state index >= 15 is 0 Å². The van der Waals surface area contributed by atoms with Crippen LogP contribution in [-0.2, 0) is 6.54 Å². The van der Waals surface area contributed by atoms with Crippen LogP contribution in [0.1, 0.15) is 11.6 Å². The van der Waals surface area contributed by atoms with Crippen LogP contribution in [0.15, 0.2) is 12.5 Å². The molecule has 1 unspecified atom stereocenters. The molecule has 88 valence electrons. The third-order valence-electron chi connectivity index (χ3n) is 3.23. The molecule has 3 nitrogen and oxygen atoms in total. The van der Waals surface area contributed by atoms with Gasteiger partial charge in [-0.2, -0.15) is 23.5 Å². The third kappa shape index (κ3) is 2.26. The van der Waals surface area contributed by atoms with Crippen molar-refractivity contribution in [2.75, 3.05) is 30.3 Å². The number of aromatic nitrogens is 2. The van der Waals surface area contributed by atoms with E-state index in [1.165, 1.54) is 23.0 Å². The van der Waals surface area contributed by atoms with E-state index in [-0.39, 0.29) is 0 Å². The fourth-order valence-electron chi connectivity index (χ4n) is 2.18. The second kappa shape index (κ2) is 5.02. The van der Waals surface area contributed by atoms with Crippen molar-refractivity contribution in [3.63, 3.8) is 0 Å². The molecule has 16 heavy (non-hydrogen) atoms. The zero-order valence-electron chi connectivity index (χ0n) is 9.26. The SMILES string of the molecule is c1ncn(CC2CSCCS2)c1C1CNC1. The van der Waals surface area contributed by atoms with Gasteiger partial charge in [0.25, 0.3) is 0 Å². The summed E-state index contributed by atoms with van der Waals surface area (Å²) in [7, 11) is 0. The first-order valence-corrected chi connectivity index (χ1v) is 8.04. The van der Waals surface area contributed by atoms with Crippen molar-refractivity contribution in [1.29, 1.82) is 0 Å². The van der Waals surface area contributed by atoms with Crippen molar-refractivity contribution in [1.82, 2.24) is 14.9 Å². The summed E-state index contributed by atoms with van der Waals surface area (Å²) in [6.07, 6.45) is 4.06. The molecular formula is C11H17N3S2. The van der Waals surface area contributed by atoms with Crippen LogP contribution >= 0.6 is 23.5 Å². The molecule has 2 aliphatic rings. The van der Waals surface area contributed by atoms with Gasteiger partial charge in [0, 0.05) is 60.0 Å². The molecule has 0 bridgehead atoms. The fourth-order valence-corrected chi connectivity index (χ4v) is 4.85. The lowest BCUT2D eigenvalue weighted by Gasteiger charge is -2.29. The van der Waals surface area contributed by atoms with Gasteiger partial charge in [0.15, 0.2) is 0 Å². The number of nitrogens with one attached hydrogen (secondary N) is 1. The molecule has 3 heterocycles. The molecule has 2 saturated heterocycles. The Bertz CT molecular complexity index is 343. The van der Waals surface area contributed by atoms with Crippen LogP contribution in [0.5, 0.6) is 0 Å². The van der Waals surface area contributed by atoms with E-state index in [1.54, 1.807) is 0 Å². The van der Waals surface area contributed by atoms with Crippen molar-refractivity contribution in [2.45, 2.75) is 17.7 Å². The Morgan fingerprint density at radius 1 is 1.44 bits per heavy atom. The molecule has 1 atom stereocenters. The highest BCUT2D eigenvalue weighted by Gasteiger charge is 2.24. The zero-order valence-corrected chi connectivity index (χ0v) is 10.9. The van der Waals surface area contributed by atoms with Gasteiger partial charge in [-0.15, -0.1) is 0 Å². The summed E-state index contributed by atoms with van der Waals surface area (Å²) < 4.78 is 2.37. The van der Waals surface area contributed by atoms with E-state index in [2.05, 4.69) is 38.4 Å². The van der Waals surface area contributed by atoms with Gasteiger partial charge in [-0.3, -0.25) is 0 Å². The van der Waals surface area contributed by atoms with Crippen LogP contribution in [0.3, 0.4) is 0 Å². The van der Waals surface area contributed by atoms with E-state index in [1.807, 2.05) is 12.5 Å². The molecule has 0 aromatic carbocycles. The monoisotopic (exact) mass is 255 g/mol. The molecule has 0 saturated carbocycles. The molecule has 2 fully saturated rings. The van der Waals surface area contributed by atoms with Crippen LogP contribution < -0.4 is 5.32 Å². The lowest BCUT2D eigenvalue weighted by molar-refractivity contribution is 0.423. The normalized spacial score (nSPS) is 26.6. The van der Waals surface area contributed by atoms with Gasteiger partial charge in [-0.25, -0.2) is 4.98 Å². The maximum atomic E-state index is 4.31. The summed E-state index contributed by atoms with van der Waals surface area (Å²) >= 11 is 4.21. The predicted molar refractivity (Wildman–Crippen MR) is 71.4 cm³/mol. The summed E-state index contributed by atoms with van der Waals surface area (Å²) in [6, 6.07) is 0. The summed E-state index contributed by atoms with van der Waals surface area (Å²) in [5, 5.41) is 4.11. The Kier molecular flexibility index (Phi) is 3.45. The van der Waals surface area contributed by atoms with E-state index in [4.69, 9.17) is 0 Å². The minimum Gasteiger partial charge on any atom is -0.333 e. The first-order valence-electron chi connectivity index (χ1n) is 5.83. The second-order valence-electron chi connectivity index (χ2n) is 4.39. The molecule has 1 aromatic heterocycles. The molecular weight excluding hydrogens is 238 g/mol. The van der Waals surface area contributed by atoms with Gasteiger partial charge in [0.1, 0.15) is 0 Å². The number of imidazole rings is 1. The molecule has 0 aliphatic carbocycles. The van der Waals surface area contributed by atoms with Crippen molar-refractivity contribution >= 4 is 23.5 Å². The van der Waals surface area contributed by atoms with Gasteiger partial charge in [-0.1, -0.05) is 0 Å². The third-order valence-corrected chi connectivity index (χ3v) is 6.06.